The highest BCUT2D eigenvalue weighted by Gasteiger charge is 2.16. The maximum atomic E-state index is 13.8. The Morgan fingerprint density at radius 3 is 2.76 bits per heavy atom. The normalized spacial score (nSPS) is 14.2. The van der Waals surface area contributed by atoms with E-state index in [1.807, 2.05) is 24.3 Å². The van der Waals surface area contributed by atoms with Crippen LogP contribution in [0.25, 0.3) is 11.6 Å². The molecule has 6 heteroatoms. The molecule has 0 radical (unpaired) electrons. The summed E-state index contributed by atoms with van der Waals surface area (Å²) in [4.78, 5) is 19.1. The number of aromatic nitrogens is 2. The van der Waals surface area contributed by atoms with Crippen molar-refractivity contribution >= 4 is 23.6 Å². The number of nitrogens with one attached hydrogen (secondary N) is 1. The Morgan fingerprint density at radius 1 is 1.16 bits per heavy atom. The van der Waals surface area contributed by atoms with E-state index in [9.17, 15) is 14.3 Å². The van der Waals surface area contributed by atoms with Gasteiger partial charge in [-0.15, -0.1) is 0 Å². The molecule has 4 rings (SSSR count). The van der Waals surface area contributed by atoms with Gasteiger partial charge in [0.1, 0.15) is 11.5 Å². The summed E-state index contributed by atoms with van der Waals surface area (Å²) in [5.41, 5.74) is 2.62. The van der Waals surface area contributed by atoms with Gasteiger partial charge in [0.15, 0.2) is 0 Å². The fourth-order valence-electron chi connectivity index (χ4n) is 2.83. The highest BCUT2D eigenvalue weighted by Crippen LogP contribution is 2.32. The molecule has 0 aliphatic carbocycles. The van der Waals surface area contributed by atoms with Gasteiger partial charge in [-0.1, -0.05) is 36.4 Å². The molecule has 1 aliphatic rings. The molecular weight excluding hydrogens is 321 g/mol. The van der Waals surface area contributed by atoms with Crippen LogP contribution in [0.4, 0.5) is 10.1 Å². The molecule has 1 aromatic heterocycles. The fraction of sp³-hybridized carbons (Fsp3) is 0.0526. The van der Waals surface area contributed by atoms with Gasteiger partial charge in [-0.3, -0.25) is 9.56 Å². The second kappa shape index (κ2) is 5.90. The summed E-state index contributed by atoms with van der Waals surface area (Å²) in [5.74, 6) is -0.662. The third-order valence-corrected chi connectivity index (χ3v) is 4.13. The predicted molar refractivity (Wildman–Crippen MR) is 94.7 cm³/mol. The summed E-state index contributed by atoms with van der Waals surface area (Å²) in [7, 11) is 0. The first-order chi connectivity index (χ1) is 12.1. The fourth-order valence-corrected chi connectivity index (χ4v) is 2.83. The van der Waals surface area contributed by atoms with Gasteiger partial charge >= 0.3 is 5.69 Å². The van der Waals surface area contributed by atoms with Crippen molar-refractivity contribution in [2.45, 2.75) is 6.54 Å². The van der Waals surface area contributed by atoms with Crippen LogP contribution in [0.2, 0.25) is 0 Å². The minimum absolute atomic E-state index is 0.0539. The number of hydrogen-bond acceptors (Lipinski definition) is 3. The van der Waals surface area contributed by atoms with Crippen molar-refractivity contribution in [3.8, 4) is 5.88 Å². The lowest BCUT2D eigenvalue weighted by Gasteiger charge is -2.05. The van der Waals surface area contributed by atoms with Crippen molar-refractivity contribution < 1.29 is 9.50 Å². The largest absolute Gasteiger partial charge is 0.493 e. The Labute approximate surface area is 142 Å². The molecule has 0 saturated heterocycles. The average Bonchev–Trinajstić information content (AvgIpc) is 3.13. The number of allylic oxidation sites excluding steroid dienone is 1. The first-order valence-corrected chi connectivity index (χ1v) is 7.74. The Morgan fingerprint density at radius 2 is 1.92 bits per heavy atom. The molecule has 25 heavy (non-hydrogen) atoms. The number of hydrogen-bond donors (Lipinski definition) is 2. The molecule has 0 saturated carbocycles. The number of aliphatic imine (C=N–C) groups is 1. The number of para-hydroxylation sites is 1. The number of imidazole rings is 1. The highest BCUT2D eigenvalue weighted by molar-refractivity contribution is 6.21. The zero-order chi connectivity index (χ0) is 17.4. The van der Waals surface area contributed by atoms with Gasteiger partial charge in [-0.25, -0.2) is 9.18 Å². The van der Waals surface area contributed by atoms with Crippen LogP contribution in [-0.2, 0) is 6.54 Å². The lowest BCUT2D eigenvalue weighted by molar-refractivity contribution is 0.418. The van der Waals surface area contributed by atoms with E-state index in [0.717, 1.165) is 21.4 Å². The van der Waals surface area contributed by atoms with Crippen LogP contribution in [0, 0.1) is 5.82 Å². The molecule has 0 unspecified atom stereocenters. The van der Waals surface area contributed by atoms with Gasteiger partial charge < -0.3 is 10.1 Å². The molecule has 0 atom stereocenters. The molecule has 3 aromatic rings. The number of benzene rings is 2. The minimum Gasteiger partial charge on any atom is -0.493 e. The molecule has 0 amide bonds. The van der Waals surface area contributed by atoms with E-state index in [0.29, 0.717) is 5.56 Å². The van der Waals surface area contributed by atoms with Gasteiger partial charge in [0.05, 0.1) is 12.2 Å². The predicted octanol–water partition coefficient (Wildman–Crippen LogP) is 3.33. The second-order valence-corrected chi connectivity index (χ2v) is 5.72. The van der Waals surface area contributed by atoms with Crippen molar-refractivity contribution in [3.05, 3.63) is 81.7 Å². The van der Waals surface area contributed by atoms with Crippen LogP contribution in [-0.4, -0.2) is 20.9 Å². The van der Waals surface area contributed by atoms with Crippen molar-refractivity contribution in [1.29, 1.82) is 0 Å². The summed E-state index contributed by atoms with van der Waals surface area (Å²) in [6, 6.07) is 13.7. The summed E-state index contributed by atoms with van der Waals surface area (Å²) < 4.78 is 14.9. The number of rotatable bonds is 3. The van der Waals surface area contributed by atoms with Crippen LogP contribution in [0.15, 0.2) is 58.3 Å². The van der Waals surface area contributed by atoms with E-state index in [-0.39, 0.29) is 18.1 Å². The number of aromatic hydroxyl groups is 1. The number of fused-ring (bicyclic) bond motifs is 1. The van der Waals surface area contributed by atoms with Crippen LogP contribution >= 0.6 is 0 Å². The smallest absolute Gasteiger partial charge is 0.329 e. The molecule has 0 spiro atoms. The molecule has 2 N–H and O–H groups in total. The van der Waals surface area contributed by atoms with Gasteiger partial charge in [-0.2, -0.15) is 0 Å². The first kappa shape index (κ1) is 15.1. The Hall–Kier alpha value is -3.41. The SMILES string of the molecule is O=c1[nH]c(C=C2C=Nc3ccccc32)c(O)n1Cc1ccccc1F. The molecule has 2 aromatic carbocycles. The standard InChI is InChI=1S/C19H14FN3O2/c20-15-7-3-1-5-12(15)11-23-18(24)17(22-19(23)25)9-13-10-21-16-8-4-2-6-14(13)16/h1-10,24H,11H2,(H,22,25). The van der Waals surface area contributed by atoms with Crippen LogP contribution < -0.4 is 5.69 Å². The Balaban J connectivity index is 1.72. The summed E-state index contributed by atoms with van der Waals surface area (Å²) in [6.07, 6.45) is 3.33. The van der Waals surface area contributed by atoms with Gasteiger partial charge in [0.25, 0.3) is 0 Å². The number of nitrogens with zero attached hydrogens (tertiary/aromatic N) is 2. The maximum absolute atomic E-state index is 13.8. The molecular formula is C19H14FN3O2. The first-order valence-electron chi connectivity index (χ1n) is 7.74. The lowest BCUT2D eigenvalue weighted by Crippen LogP contribution is -2.17. The van der Waals surface area contributed by atoms with Gasteiger partial charge in [0, 0.05) is 22.9 Å². The van der Waals surface area contributed by atoms with E-state index in [1.165, 1.54) is 6.07 Å². The molecule has 124 valence electrons. The third-order valence-electron chi connectivity index (χ3n) is 4.13. The quantitative estimate of drug-likeness (QED) is 0.771. The van der Waals surface area contributed by atoms with Crippen LogP contribution in [0.5, 0.6) is 5.88 Å². The molecule has 5 nitrogen and oxygen atoms in total. The summed E-state index contributed by atoms with van der Waals surface area (Å²) in [6.45, 7) is -0.0539. The number of H-pyrrole nitrogens is 1. The van der Waals surface area contributed by atoms with E-state index in [1.54, 1.807) is 30.5 Å². The zero-order valence-corrected chi connectivity index (χ0v) is 13.1. The van der Waals surface area contributed by atoms with Crippen LogP contribution in [0.1, 0.15) is 16.8 Å². The average molecular weight is 335 g/mol. The van der Waals surface area contributed by atoms with Crippen molar-refractivity contribution in [1.82, 2.24) is 9.55 Å². The van der Waals surface area contributed by atoms with Crippen molar-refractivity contribution in [2.24, 2.45) is 4.99 Å². The van der Waals surface area contributed by atoms with E-state index < -0.39 is 11.5 Å². The highest BCUT2D eigenvalue weighted by atomic mass is 19.1. The topological polar surface area (TPSA) is 70.4 Å². The maximum Gasteiger partial charge on any atom is 0.329 e. The molecule has 1 aliphatic heterocycles. The third kappa shape index (κ3) is 2.67. The second-order valence-electron chi connectivity index (χ2n) is 5.72. The van der Waals surface area contributed by atoms with Crippen molar-refractivity contribution in [3.63, 3.8) is 0 Å². The number of halogens is 1. The minimum atomic E-state index is -0.504. The molecule has 0 fully saturated rings. The molecule has 0 bridgehead atoms. The van der Waals surface area contributed by atoms with E-state index in [2.05, 4.69) is 9.98 Å². The van der Waals surface area contributed by atoms with Crippen LogP contribution in [0.3, 0.4) is 0 Å². The summed E-state index contributed by atoms with van der Waals surface area (Å²) in [5, 5.41) is 10.4. The Bertz CT molecular complexity index is 1080. The monoisotopic (exact) mass is 335 g/mol. The van der Waals surface area contributed by atoms with E-state index >= 15 is 0 Å². The van der Waals surface area contributed by atoms with Gasteiger partial charge in [0.2, 0.25) is 5.88 Å². The van der Waals surface area contributed by atoms with Crippen molar-refractivity contribution in [2.75, 3.05) is 0 Å². The van der Waals surface area contributed by atoms with Gasteiger partial charge in [-0.05, 0) is 18.2 Å². The molecule has 2 heterocycles. The summed E-state index contributed by atoms with van der Waals surface area (Å²) >= 11 is 0. The lowest BCUT2D eigenvalue weighted by atomic mass is 10.1. The Kier molecular flexibility index (Phi) is 3.57. The zero-order valence-electron chi connectivity index (χ0n) is 13.1. The number of aromatic amines is 1. The van der Waals surface area contributed by atoms with E-state index in [4.69, 9.17) is 0 Å².